The number of fused-ring (bicyclic) bond motifs is 10. The minimum Gasteiger partial charge on any atom is -0.456 e. The van der Waals surface area contributed by atoms with Gasteiger partial charge in [0.25, 0.3) is 0 Å². The fraction of sp³-hybridized carbons (Fsp3) is 0. The number of hydrogen-bond acceptors (Lipinski definition) is 3. The Bertz CT molecular complexity index is 3090. The number of aromatic nitrogens is 1. The standard InChI is InChI=1S/C47H27NO2/c1-2-12-28(13-3-1)47-48-40-24-23-37-39(26-29-14-4-5-15-31(29)45(37)46(40)50-47)44-35-19-8-6-17-33(35)43(34-18-7-9-20-36(34)44)30-22-25-42-38(27-30)32-16-10-11-21-41(32)49-42/h1-27H. The SMILES string of the molecule is c1ccc(-c2nc3ccc4c(-c5c6ccccc6c(-c6ccc7oc8ccccc8c7c6)c6ccccc56)cc5ccccc5c4c3o2)cc1. The molecule has 0 atom stereocenters. The number of nitrogens with zero attached hydrogens (tertiary/aromatic N) is 1. The summed E-state index contributed by atoms with van der Waals surface area (Å²) >= 11 is 0. The highest BCUT2D eigenvalue weighted by molar-refractivity contribution is 6.28. The molecule has 0 amide bonds. The number of benzene rings is 9. The Morgan fingerprint density at radius 1 is 0.380 bits per heavy atom. The lowest BCUT2D eigenvalue weighted by atomic mass is 9.83. The Labute approximate surface area is 286 Å². The predicted molar refractivity (Wildman–Crippen MR) is 208 cm³/mol. The first kappa shape index (κ1) is 27.3. The van der Waals surface area contributed by atoms with Crippen LogP contribution in [0.2, 0.25) is 0 Å². The Kier molecular flexibility index (Phi) is 5.67. The van der Waals surface area contributed by atoms with Crippen LogP contribution in [-0.4, -0.2) is 4.98 Å². The molecule has 0 radical (unpaired) electrons. The first-order valence-corrected chi connectivity index (χ1v) is 17.0. The second-order valence-electron chi connectivity index (χ2n) is 13.0. The molecule has 0 saturated heterocycles. The van der Waals surface area contributed by atoms with E-state index in [1.165, 1.54) is 43.8 Å². The van der Waals surface area contributed by atoms with E-state index in [0.717, 1.165) is 60.1 Å². The van der Waals surface area contributed by atoms with Crippen molar-refractivity contribution in [3.8, 4) is 33.7 Å². The van der Waals surface area contributed by atoms with Gasteiger partial charge < -0.3 is 8.83 Å². The highest BCUT2D eigenvalue weighted by Crippen LogP contribution is 2.48. The Morgan fingerprint density at radius 3 is 1.76 bits per heavy atom. The number of oxazole rings is 1. The van der Waals surface area contributed by atoms with Gasteiger partial charge in [-0.2, -0.15) is 0 Å². The number of para-hydroxylation sites is 1. The summed E-state index contributed by atoms with van der Waals surface area (Å²) in [4.78, 5) is 4.95. The van der Waals surface area contributed by atoms with Gasteiger partial charge in [-0.3, -0.25) is 0 Å². The first-order chi connectivity index (χ1) is 24.8. The minimum absolute atomic E-state index is 0.630. The third-order valence-electron chi connectivity index (χ3n) is 10.3. The largest absolute Gasteiger partial charge is 0.456 e. The lowest BCUT2D eigenvalue weighted by Gasteiger charge is -2.19. The third kappa shape index (κ3) is 3.89. The normalized spacial score (nSPS) is 12.0. The van der Waals surface area contributed by atoms with Crippen molar-refractivity contribution in [3.05, 3.63) is 164 Å². The predicted octanol–water partition coefficient (Wildman–Crippen LogP) is 13.3. The van der Waals surface area contributed by atoms with Crippen LogP contribution in [0.3, 0.4) is 0 Å². The van der Waals surface area contributed by atoms with E-state index in [2.05, 4.69) is 121 Å². The second kappa shape index (κ2) is 10.4. The summed E-state index contributed by atoms with van der Waals surface area (Å²) in [5.74, 6) is 0.630. The van der Waals surface area contributed by atoms with Gasteiger partial charge in [0, 0.05) is 21.7 Å². The zero-order valence-corrected chi connectivity index (χ0v) is 26.9. The quantitative estimate of drug-likeness (QED) is 0.143. The van der Waals surface area contributed by atoms with E-state index in [-0.39, 0.29) is 0 Å². The summed E-state index contributed by atoms with van der Waals surface area (Å²) in [6.07, 6.45) is 0. The van der Waals surface area contributed by atoms with Gasteiger partial charge in [-0.25, -0.2) is 4.98 Å². The second-order valence-corrected chi connectivity index (χ2v) is 13.0. The lowest BCUT2D eigenvalue weighted by Crippen LogP contribution is -1.92. The van der Waals surface area contributed by atoms with Crippen LogP contribution in [0.5, 0.6) is 0 Å². The molecule has 0 aliphatic carbocycles. The maximum Gasteiger partial charge on any atom is 0.227 e. The van der Waals surface area contributed by atoms with E-state index in [9.17, 15) is 0 Å². The maximum atomic E-state index is 6.66. The Hall–Kier alpha value is -6.71. The van der Waals surface area contributed by atoms with E-state index in [4.69, 9.17) is 13.8 Å². The summed E-state index contributed by atoms with van der Waals surface area (Å²) < 4.78 is 12.9. The average Bonchev–Trinajstić information content (AvgIpc) is 3.79. The van der Waals surface area contributed by atoms with Crippen molar-refractivity contribution in [2.75, 3.05) is 0 Å². The molecule has 3 nitrogen and oxygen atoms in total. The average molecular weight is 638 g/mol. The molecule has 2 aromatic heterocycles. The van der Waals surface area contributed by atoms with E-state index >= 15 is 0 Å². The van der Waals surface area contributed by atoms with Crippen LogP contribution in [0.4, 0.5) is 0 Å². The van der Waals surface area contributed by atoms with Gasteiger partial charge in [-0.1, -0.05) is 121 Å². The molecular formula is C47H27NO2. The number of rotatable bonds is 3. The van der Waals surface area contributed by atoms with Gasteiger partial charge in [0.1, 0.15) is 16.7 Å². The van der Waals surface area contributed by atoms with E-state index in [1.54, 1.807) is 0 Å². The van der Waals surface area contributed by atoms with Crippen molar-refractivity contribution in [2.45, 2.75) is 0 Å². The fourth-order valence-electron chi connectivity index (χ4n) is 8.09. The molecule has 0 fully saturated rings. The topological polar surface area (TPSA) is 39.2 Å². The lowest BCUT2D eigenvalue weighted by molar-refractivity contribution is 0.623. The van der Waals surface area contributed by atoms with E-state index < -0.39 is 0 Å². The molecule has 11 rings (SSSR count). The minimum atomic E-state index is 0.630. The fourth-order valence-corrected chi connectivity index (χ4v) is 8.09. The molecule has 3 heteroatoms. The highest BCUT2D eigenvalue weighted by atomic mass is 16.3. The molecule has 232 valence electrons. The van der Waals surface area contributed by atoms with Crippen LogP contribution in [0, 0.1) is 0 Å². The van der Waals surface area contributed by atoms with Crippen LogP contribution in [0.1, 0.15) is 0 Å². The van der Waals surface area contributed by atoms with E-state index in [1.807, 2.05) is 42.5 Å². The molecular weight excluding hydrogens is 611 g/mol. The van der Waals surface area contributed by atoms with E-state index in [0.29, 0.717) is 5.89 Å². The van der Waals surface area contributed by atoms with Crippen molar-refractivity contribution in [1.82, 2.24) is 4.98 Å². The van der Waals surface area contributed by atoms with Crippen molar-refractivity contribution >= 4 is 76.1 Å². The molecule has 0 N–H and O–H groups in total. The summed E-state index contributed by atoms with van der Waals surface area (Å²) in [6, 6.07) is 58.0. The molecule has 9 aromatic carbocycles. The third-order valence-corrected chi connectivity index (χ3v) is 10.3. The van der Waals surface area contributed by atoms with Crippen LogP contribution in [-0.2, 0) is 0 Å². The van der Waals surface area contributed by atoms with Gasteiger partial charge in [-0.15, -0.1) is 0 Å². The molecule has 0 aliphatic heterocycles. The van der Waals surface area contributed by atoms with Gasteiger partial charge in [0.15, 0.2) is 5.58 Å². The molecule has 50 heavy (non-hydrogen) atoms. The zero-order valence-electron chi connectivity index (χ0n) is 26.9. The number of hydrogen-bond donors (Lipinski definition) is 0. The monoisotopic (exact) mass is 637 g/mol. The molecule has 0 unspecified atom stereocenters. The Morgan fingerprint density at radius 2 is 1.00 bits per heavy atom. The van der Waals surface area contributed by atoms with Crippen LogP contribution >= 0.6 is 0 Å². The van der Waals surface area contributed by atoms with Crippen molar-refractivity contribution in [3.63, 3.8) is 0 Å². The molecule has 11 aromatic rings. The van der Waals surface area contributed by atoms with Gasteiger partial charge in [0.05, 0.1) is 0 Å². The highest BCUT2D eigenvalue weighted by Gasteiger charge is 2.22. The smallest absolute Gasteiger partial charge is 0.227 e. The molecule has 0 bridgehead atoms. The zero-order chi connectivity index (χ0) is 32.8. The van der Waals surface area contributed by atoms with Gasteiger partial charge in [0.2, 0.25) is 5.89 Å². The number of furan rings is 1. The molecule has 0 spiro atoms. The van der Waals surface area contributed by atoms with Gasteiger partial charge >= 0.3 is 0 Å². The molecule has 0 aliphatic rings. The van der Waals surface area contributed by atoms with Crippen molar-refractivity contribution < 1.29 is 8.83 Å². The molecule has 2 heterocycles. The van der Waals surface area contributed by atoms with Crippen molar-refractivity contribution in [2.24, 2.45) is 0 Å². The summed E-state index contributed by atoms with van der Waals surface area (Å²) in [5, 5.41) is 11.6. The van der Waals surface area contributed by atoms with Crippen LogP contribution in [0.25, 0.3) is 110 Å². The van der Waals surface area contributed by atoms with Crippen LogP contribution in [0.15, 0.2) is 173 Å². The maximum absolute atomic E-state index is 6.66. The van der Waals surface area contributed by atoms with Crippen LogP contribution < -0.4 is 0 Å². The van der Waals surface area contributed by atoms with Crippen molar-refractivity contribution in [1.29, 1.82) is 0 Å². The summed E-state index contributed by atoms with van der Waals surface area (Å²) in [7, 11) is 0. The molecule has 0 saturated carbocycles. The Balaban J connectivity index is 1.25. The summed E-state index contributed by atoms with van der Waals surface area (Å²) in [6.45, 7) is 0. The summed E-state index contributed by atoms with van der Waals surface area (Å²) in [5.41, 5.74) is 9.22. The van der Waals surface area contributed by atoms with Gasteiger partial charge in [-0.05, 0) is 102 Å². The first-order valence-electron chi connectivity index (χ1n) is 17.0.